The summed E-state index contributed by atoms with van der Waals surface area (Å²) in [5, 5.41) is 3.11. The van der Waals surface area contributed by atoms with Gasteiger partial charge < -0.3 is 10.2 Å². The molecule has 2 heterocycles. The number of hydrogen-bond acceptors (Lipinski definition) is 5. The smallest absolute Gasteiger partial charge is 0.268 e. The Hall–Kier alpha value is -2.04. The molecule has 1 atom stereocenters. The molecular formula is C20H22ClF3N4O2S. The fourth-order valence-electron chi connectivity index (χ4n) is 4.03. The van der Waals surface area contributed by atoms with Crippen molar-refractivity contribution in [3.05, 3.63) is 46.9 Å². The number of nitrogens with one attached hydrogen (secondary N) is 2. The summed E-state index contributed by atoms with van der Waals surface area (Å²) in [4.78, 5) is 3.86. The number of pyridine rings is 1. The summed E-state index contributed by atoms with van der Waals surface area (Å²) in [6.07, 6.45) is 4.17. The molecule has 0 spiro atoms. The molecule has 4 rings (SSSR count). The molecule has 0 radical (unpaired) electrons. The predicted octanol–water partition coefficient (Wildman–Crippen LogP) is 4.06. The van der Waals surface area contributed by atoms with E-state index in [0.717, 1.165) is 37.5 Å². The Balaban J connectivity index is 1.60. The number of nitrogens with zero attached hydrogens (tertiary/aromatic N) is 2. The van der Waals surface area contributed by atoms with Crippen LogP contribution in [0.15, 0.2) is 29.2 Å². The molecule has 1 aliphatic carbocycles. The van der Waals surface area contributed by atoms with Crippen LogP contribution in [0.2, 0.25) is 5.02 Å². The van der Waals surface area contributed by atoms with Gasteiger partial charge in [-0.25, -0.2) is 22.2 Å². The molecule has 1 aromatic heterocycles. The SMILES string of the molecule is C[C@@]1(NC2CCC2)CCN(c2cc(F)c(S(=O)(=O)Nc3cccc(F)n3)c(F)c2Cl)C1. The van der Waals surface area contributed by atoms with E-state index in [1.807, 2.05) is 4.72 Å². The number of anilines is 2. The van der Waals surface area contributed by atoms with Crippen LogP contribution >= 0.6 is 11.6 Å². The van der Waals surface area contributed by atoms with Gasteiger partial charge >= 0.3 is 0 Å². The van der Waals surface area contributed by atoms with Gasteiger partial charge in [0, 0.05) is 30.7 Å². The third-order valence-corrected chi connectivity index (χ3v) is 7.54. The molecule has 2 fully saturated rings. The van der Waals surface area contributed by atoms with Crippen molar-refractivity contribution in [3.8, 4) is 0 Å². The number of rotatable bonds is 6. The molecule has 1 saturated heterocycles. The minimum absolute atomic E-state index is 0.0960. The highest BCUT2D eigenvalue weighted by molar-refractivity contribution is 7.92. The van der Waals surface area contributed by atoms with Crippen molar-refractivity contribution >= 4 is 33.1 Å². The molecule has 11 heteroatoms. The summed E-state index contributed by atoms with van der Waals surface area (Å²) < 4.78 is 70.1. The van der Waals surface area contributed by atoms with E-state index in [-0.39, 0.29) is 11.2 Å². The van der Waals surface area contributed by atoms with Crippen LogP contribution in [0.4, 0.5) is 24.7 Å². The van der Waals surface area contributed by atoms with Gasteiger partial charge in [0.2, 0.25) is 5.95 Å². The molecule has 1 saturated carbocycles. The van der Waals surface area contributed by atoms with Crippen LogP contribution in [0.25, 0.3) is 0 Å². The van der Waals surface area contributed by atoms with Crippen LogP contribution in [0.3, 0.4) is 0 Å². The van der Waals surface area contributed by atoms with Gasteiger partial charge in [-0.3, -0.25) is 4.72 Å². The van der Waals surface area contributed by atoms with Gasteiger partial charge in [-0.2, -0.15) is 4.39 Å². The zero-order chi connectivity index (χ0) is 22.4. The second-order valence-electron chi connectivity index (χ2n) is 8.29. The van der Waals surface area contributed by atoms with Crippen molar-refractivity contribution in [2.24, 2.45) is 0 Å². The molecule has 2 aromatic rings. The fraction of sp³-hybridized carbons (Fsp3) is 0.450. The number of sulfonamides is 1. The van der Waals surface area contributed by atoms with Crippen LogP contribution in [0.1, 0.15) is 32.6 Å². The van der Waals surface area contributed by atoms with Crippen LogP contribution in [-0.2, 0) is 10.0 Å². The van der Waals surface area contributed by atoms with Crippen molar-refractivity contribution in [1.29, 1.82) is 0 Å². The van der Waals surface area contributed by atoms with E-state index in [1.165, 1.54) is 12.5 Å². The lowest BCUT2D eigenvalue weighted by atomic mass is 9.89. The zero-order valence-corrected chi connectivity index (χ0v) is 18.3. The van der Waals surface area contributed by atoms with Crippen molar-refractivity contribution in [2.75, 3.05) is 22.7 Å². The highest BCUT2D eigenvalue weighted by Crippen LogP contribution is 2.38. The normalized spacial score (nSPS) is 21.9. The molecule has 0 amide bonds. The second-order valence-corrected chi connectivity index (χ2v) is 10.3. The molecule has 2 aliphatic rings. The molecule has 1 aromatic carbocycles. The third kappa shape index (κ3) is 4.47. The number of aromatic nitrogens is 1. The summed E-state index contributed by atoms with van der Waals surface area (Å²) in [6.45, 7) is 3.06. The van der Waals surface area contributed by atoms with E-state index in [2.05, 4.69) is 17.2 Å². The van der Waals surface area contributed by atoms with Gasteiger partial charge in [0.05, 0.1) is 5.69 Å². The lowest BCUT2D eigenvalue weighted by Crippen LogP contribution is -2.52. The topological polar surface area (TPSA) is 74.3 Å². The van der Waals surface area contributed by atoms with Gasteiger partial charge in [0.15, 0.2) is 10.7 Å². The maximum Gasteiger partial charge on any atom is 0.268 e. The summed E-state index contributed by atoms with van der Waals surface area (Å²) in [7, 11) is -4.73. The highest BCUT2D eigenvalue weighted by atomic mass is 35.5. The molecule has 6 nitrogen and oxygen atoms in total. The Labute approximate surface area is 183 Å². The van der Waals surface area contributed by atoms with Crippen LogP contribution < -0.4 is 14.9 Å². The molecular weight excluding hydrogens is 453 g/mol. The van der Waals surface area contributed by atoms with E-state index in [1.54, 1.807) is 4.90 Å². The van der Waals surface area contributed by atoms with E-state index >= 15 is 0 Å². The highest BCUT2D eigenvalue weighted by Gasteiger charge is 2.38. The third-order valence-electron chi connectivity index (χ3n) is 5.79. The first-order valence-corrected chi connectivity index (χ1v) is 11.8. The Morgan fingerprint density at radius 2 is 2.00 bits per heavy atom. The summed E-state index contributed by atoms with van der Waals surface area (Å²) in [5.41, 5.74) is -0.130. The monoisotopic (exact) mass is 474 g/mol. The molecule has 0 unspecified atom stereocenters. The van der Waals surface area contributed by atoms with E-state index in [4.69, 9.17) is 11.6 Å². The average molecular weight is 475 g/mol. The zero-order valence-electron chi connectivity index (χ0n) is 16.8. The second kappa shape index (κ2) is 8.14. The van der Waals surface area contributed by atoms with Crippen LogP contribution in [0.5, 0.6) is 0 Å². The summed E-state index contributed by atoms with van der Waals surface area (Å²) in [5.74, 6) is -4.04. The average Bonchev–Trinajstić information content (AvgIpc) is 3.03. The Bertz CT molecular complexity index is 1110. The first-order valence-electron chi connectivity index (χ1n) is 9.93. The summed E-state index contributed by atoms with van der Waals surface area (Å²) in [6, 6.07) is 4.75. The maximum absolute atomic E-state index is 15.0. The standard InChI is InChI=1S/C20H22ClF3N4O2S/c1-20(26-12-4-2-5-12)8-9-28(11-20)14-10-13(22)19(18(24)17(14)21)31(29,30)27-16-7-3-6-15(23)25-16/h3,6-7,10,12,26H,2,4-5,8-9,11H2,1H3,(H,25,27)/t20-/m1/s1. The van der Waals surface area contributed by atoms with Crippen molar-refractivity contribution in [1.82, 2.24) is 10.3 Å². The van der Waals surface area contributed by atoms with Gasteiger partial charge in [-0.1, -0.05) is 24.1 Å². The number of halogens is 4. The maximum atomic E-state index is 15.0. The quantitative estimate of drug-likeness (QED) is 0.488. The van der Waals surface area contributed by atoms with Gasteiger partial charge in [0.1, 0.15) is 16.7 Å². The molecule has 31 heavy (non-hydrogen) atoms. The first-order chi connectivity index (χ1) is 14.6. The number of hydrogen-bond donors (Lipinski definition) is 2. The molecule has 2 N–H and O–H groups in total. The van der Waals surface area contributed by atoms with Crippen LogP contribution in [0, 0.1) is 17.6 Å². The minimum Gasteiger partial charge on any atom is -0.368 e. The lowest BCUT2D eigenvalue weighted by Gasteiger charge is -2.36. The fourth-order valence-corrected chi connectivity index (χ4v) is 5.50. The molecule has 1 aliphatic heterocycles. The number of benzene rings is 1. The Morgan fingerprint density at radius 1 is 1.26 bits per heavy atom. The molecule has 0 bridgehead atoms. The van der Waals surface area contributed by atoms with Gasteiger partial charge in [-0.15, -0.1) is 0 Å². The minimum atomic E-state index is -4.73. The Kier molecular flexibility index (Phi) is 5.82. The largest absolute Gasteiger partial charge is 0.368 e. The van der Waals surface area contributed by atoms with Gasteiger partial charge in [0.25, 0.3) is 10.0 Å². The molecule has 168 valence electrons. The van der Waals surface area contributed by atoms with E-state index in [0.29, 0.717) is 19.1 Å². The lowest BCUT2D eigenvalue weighted by molar-refractivity contribution is 0.253. The predicted molar refractivity (Wildman–Crippen MR) is 112 cm³/mol. The summed E-state index contributed by atoms with van der Waals surface area (Å²) >= 11 is 6.15. The van der Waals surface area contributed by atoms with Crippen molar-refractivity contribution in [3.63, 3.8) is 0 Å². The van der Waals surface area contributed by atoms with Crippen LogP contribution in [-0.4, -0.2) is 38.1 Å². The van der Waals surface area contributed by atoms with Gasteiger partial charge in [-0.05, 0) is 38.3 Å². The first kappa shape index (κ1) is 22.2. The van der Waals surface area contributed by atoms with Crippen molar-refractivity contribution < 1.29 is 21.6 Å². The van der Waals surface area contributed by atoms with E-state index in [9.17, 15) is 21.6 Å². The van der Waals surface area contributed by atoms with Crippen molar-refractivity contribution in [2.45, 2.75) is 49.1 Å². The Morgan fingerprint density at radius 3 is 2.65 bits per heavy atom. The van der Waals surface area contributed by atoms with E-state index < -0.39 is 43.3 Å².